The van der Waals surface area contributed by atoms with Crippen molar-refractivity contribution in [3.8, 4) is 35.4 Å². The Morgan fingerprint density at radius 1 is 1.20 bits per heavy atom. The number of benzene rings is 2. The monoisotopic (exact) mass is 626 g/mol. The summed E-state index contributed by atoms with van der Waals surface area (Å²) < 4.78 is 38.4. The van der Waals surface area contributed by atoms with Gasteiger partial charge in [-0.3, -0.25) is 10.00 Å². The molecule has 0 saturated carbocycles. The fraction of sp³-hybridized carbons (Fsp3) is 0.353. The van der Waals surface area contributed by atoms with E-state index in [0.717, 1.165) is 18.5 Å². The number of aromatic nitrogens is 4. The van der Waals surface area contributed by atoms with Gasteiger partial charge < -0.3 is 19.2 Å². The van der Waals surface area contributed by atoms with Gasteiger partial charge in [-0.05, 0) is 61.9 Å². The number of aromatic amines is 1. The maximum absolute atomic E-state index is 14.6. The highest BCUT2D eigenvalue weighted by molar-refractivity contribution is 6.03. The number of anilines is 1. The Balaban J connectivity index is 0.000000321. The maximum atomic E-state index is 14.6. The van der Waals surface area contributed by atoms with Crippen LogP contribution >= 0.6 is 0 Å². The maximum Gasteiger partial charge on any atom is 0.349 e. The Hall–Kier alpha value is -5.02. The SMILES string of the molecule is C#Cc1c(F)ccc2cc(O)cc(-c3oc(=O)c4c(N5CC(c6cn[nH]c6)C5)nc(OC)nc4c3C)c12.FC1CC2CCCN2C1. The lowest BCUT2D eigenvalue weighted by atomic mass is 9.93. The molecule has 2 aromatic carbocycles. The zero-order valence-corrected chi connectivity index (χ0v) is 25.4. The van der Waals surface area contributed by atoms with Crippen LogP contribution in [-0.2, 0) is 0 Å². The second-order valence-electron chi connectivity index (χ2n) is 12.0. The minimum atomic E-state index is -0.671. The van der Waals surface area contributed by atoms with Crippen LogP contribution < -0.4 is 15.3 Å². The molecule has 3 aliphatic rings. The van der Waals surface area contributed by atoms with Crippen LogP contribution in [0.3, 0.4) is 0 Å². The number of nitrogens with one attached hydrogen (secondary N) is 1. The van der Waals surface area contributed by atoms with Gasteiger partial charge in [0.05, 0.1) is 24.4 Å². The van der Waals surface area contributed by atoms with Crippen molar-refractivity contribution in [1.82, 2.24) is 25.1 Å². The molecule has 46 heavy (non-hydrogen) atoms. The van der Waals surface area contributed by atoms with Gasteiger partial charge >= 0.3 is 11.6 Å². The number of halogens is 2. The molecule has 0 spiro atoms. The van der Waals surface area contributed by atoms with Gasteiger partial charge in [0.15, 0.2) is 5.82 Å². The Morgan fingerprint density at radius 2 is 2.02 bits per heavy atom. The van der Waals surface area contributed by atoms with Gasteiger partial charge in [0.1, 0.15) is 28.9 Å². The fourth-order valence-electron chi connectivity index (χ4n) is 6.91. The topological polar surface area (TPSA) is 121 Å². The molecule has 2 atom stereocenters. The van der Waals surface area contributed by atoms with E-state index in [1.54, 1.807) is 13.1 Å². The van der Waals surface area contributed by atoms with Crippen LogP contribution in [0, 0.1) is 25.1 Å². The summed E-state index contributed by atoms with van der Waals surface area (Å²) in [4.78, 5) is 26.6. The number of aromatic hydroxyl groups is 1. The summed E-state index contributed by atoms with van der Waals surface area (Å²) >= 11 is 0. The zero-order chi connectivity index (χ0) is 32.1. The molecule has 3 fully saturated rings. The molecule has 3 saturated heterocycles. The Bertz CT molecular complexity index is 2040. The van der Waals surface area contributed by atoms with E-state index in [0.29, 0.717) is 53.3 Å². The molecule has 236 valence electrons. The van der Waals surface area contributed by atoms with Gasteiger partial charge in [-0.1, -0.05) is 12.0 Å². The molecule has 2 unspecified atom stereocenters. The molecule has 8 rings (SSSR count). The van der Waals surface area contributed by atoms with Crippen LogP contribution in [0.1, 0.15) is 41.9 Å². The van der Waals surface area contributed by atoms with Crippen LogP contribution in [0.5, 0.6) is 11.8 Å². The molecular weight excluding hydrogens is 594 g/mol. The Kier molecular flexibility index (Phi) is 7.56. The van der Waals surface area contributed by atoms with Crippen LogP contribution in [0.4, 0.5) is 14.6 Å². The van der Waals surface area contributed by atoms with E-state index in [1.807, 2.05) is 11.1 Å². The summed E-state index contributed by atoms with van der Waals surface area (Å²) in [6.07, 6.45) is 12.1. The highest BCUT2D eigenvalue weighted by Crippen LogP contribution is 2.40. The number of hydrogen-bond donors (Lipinski definition) is 2. The molecule has 0 amide bonds. The number of alkyl halides is 1. The highest BCUT2D eigenvalue weighted by Gasteiger charge is 2.35. The molecule has 12 heteroatoms. The molecule has 3 aliphatic heterocycles. The number of H-pyrrole nitrogens is 1. The van der Waals surface area contributed by atoms with Gasteiger partial charge in [-0.25, -0.2) is 13.6 Å². The third-order valence-corrected chi connectivity index (χ3v) is 9.22. The minimum absolute atomic E-state index is 0.00136. The Labute approximate surface area is 263 Å². The molecule has 0 bridgehead atoms. The summed E-state index contributed by atoms with van der Waals surface area (Å²) in [6.45, 7) is 4.83. The van der Waals surface area contributed by atoms with E-state index in [-0.39, 0.29) is 40.0 Å². The smallest absolute Gasteiger partial charge is 0.349 e. The fourth-order valence-corrected chi connectivity index (χ4v) is 6.91. The van der Waals surface area contributed by atoms with Gasteiger partial charge in [0, 0.05) is 54.3 Å². The molecule has 2 N–H and O–H groups in total. The summed E-state index contributed by atoms with van der Waals surface area (Å²) in [5.74, 6) is 2.44. The average molecular weight is 627 g/mol. The number of hydrogen-bond acceptors (Lipinski definition) is 9. The van der Waals surface area contributed by atoms with Crippen LogP contribution in [-0.4, -0.2) is 75.7 Å². The Morgan fingerprint density at radius 3 is 2.74 bits per heavy atom. The van der Waals surface area contributed by atoms with E-state index in [9.17, 15) is 18.7 Å². The number of rotatable bonds is 4. The first-order valence-corrected chi connectivity index (χ1v) is 15.2. The number of methoxy groups -OCH3 is 1. The van der Waals surface area contributed by atoms with Crippen molar-refractivity contribution in [2.45, 2.75) is 44.3 Å². The van der Waals surface area contributed by atoms with Crippen molar-refractivity contribution >= 4 is 27.5 Å². The molecule has 6 heterocycles. The van der Waals surface area contributed by atoms with E-state index in [1.165, 1.54) is 44.2 Å². The second kappa shape index (κ2) is 11.7. The van der Waals surface area contributed by atoms with Gasteiger partial charge in [-0.15, -0.1) is 6.42 Å². The van der Waals surface area contributed by atoms with Crippen molar-refractivity contribution in [2.24, 2.45) is 0 Å². The van der Waals surface area contributed by atoms with E-state index < -0.39 is 17.6 Å². The molecular formula is C34H32F2N6O4. The van der Waals surface area contributed by atoms with Crippen LogP contribution in [0.2, 0.25) is 0 Å². The predicted octanol–water partition coefficient (Wildman–Crippen LogP) is 5.07. The number of fused-ring (bicyclic) bond motifs is 3. The number of phenols is 1. The summed E-state index contributed by atoms with van der Waals surface area (Å²) in [7, 11) is 1.45. The first kappa shape index (κ1) is 29.7. The molecule has 0 aliphatic carbocycles. The quantitative estimate of drug-likeness (QED) is 0.264. The molecule has 0 radical (unpaired) electrons. The van der Waals surface area contributed by atoms with Crippen molar-refractivity contribution in [1.29, 1.82) is 0 Å². The molecule has 3 aromatic heterocycles. The standard InChI is InChI=1S/C27H20FN5O4.C7H12FN/c1-4-18-20(28)6-5-14-7-17(34)8-19(21(14)18)24-13(2)23-22(26(35)37-24)25(32-27(31-23)36-3)33-11-16(12-33)15-9-29-30-10-15;8-6-4-7-2-1-3-9(7)5-6/h1,5-10,16,34H,11-12H2,2-3H3,(H,29,30);6-7H,1-5H2. The predicted molar refractivity (Wildman–Crippen MR) is 170 cm³/mol. The van der Waals surface area contributed by atoms with Crippen molar-refractivity contribution in [3.63, 3.8) is 0 Å². The number of terminal acetylenes is 1. The third kappa shape index (κ3) is 5.10. The molecule has 10 nitrogen and oxygen atoms in total. The van der Waals surface area contributed by atoms with Crippen LogP contribution in [0.15, 0.2) is 45.9 Å². The van der Waals surface area contributed by atoms with Crippen molar-refractivity contribution in [2.75, 3.05) is 38.2 Å². The minimum Gasteiger partial charge on any atom is -0.508 e. The second-order valence-corrected chi connectivity index (χ2v) is 12.0. The van der Waals surface area contributed by atoms with Gasteiger partial charge in [-0.2, -0.15) is 15.1 Å². The normalized spacial score (nSPS) is 19.5. The number of phenolic OH excluding ortho intramolecular Hbond substituents is 1. The summed E-state index contributed by atoms with van der Waals surface area (Å²) in [6, 6.07) is 6.30. The molecule has 5 aromatic rings. The first-order valence-electron chi connectivity index (χ1n) is 15.2. The van der Waals surface area contributed by atoms with Gasteiger partial charge in [0.25, 0.3) is 0 Å². The summed E-state index contributed by atoms with van der Waals surface area (Å²) in [5, 5.41) is 18.3. The number of ether oxygens (including phenoxy) is 1. The third-order valence-electron chi connectivity index (χ3n) is 9.22. The lowest BCUT2D eigenvalue weighted by Gasteiger charge is -2.40. The lowest BCUT2D eigenvalue weighted by Crippen LogP contribution is -2.45. The highest BCUT2D eigenvalue weighted by atomic mass is 19.1. The number of nitrogens with zero attached hydrogens (tertiary/aromatic N) is 5. The van der Waals surface area contributed by atoms with Crippen molar-refractivity contribution in [3.05, 3.63) is 69.6 Å². The van der Waals surface area contributed by atoms with E-state index in [2.05, 4.69) is 31.0 Å². The summed E-state index contributed by atoms with van der Waals surface area (Å²) in [5.41, 5.74) is 1.50. The largest absolute Gasteiger partial charge is 0.508 e. The zero-order valence-electron chi connectivity index (χ0n) is 25.4. The van der Waals surface area contributed by atoms with E-state index in [4.69, 9.17) is 15.6 Å². The van der Waals surface area contributed by atoms with Gasteiger partial charge in [0.2, 0.25) is 0 Å². The first-order chi connectivity index (χ1) is 22.2. The average Bonchev–Trinajstić information content (AvgIpc) is 3.77. The number of aryl methyl sites for hydroxylation is 1. The van der Waals surface area contributed by atoms with E-state index >= 15 is 0 Å². The van der Waals surface area contributed by atoms with Crippen molar-refractivity contribution < 1.29 is 23.0 Å². The van der Waals surface area contributed by atoms with Crippen LogP contribution in [0.25, 0.3) is 33.0 Å². The lowest BCUT2D eigenvalue weighted by molar-refractivity contribution is 0.292.